The molecule has 0 aromatic heterocycles. The van der Waals surface area contributed by atoms with Gasteiger partial charge in [-0.2, -0.15) is 0 Å². The molecule has 414 valence electrons. The van der Waals surface area contributed by atoms with Crippen LogP contribution in [0.5, 0.6) is 0 Å². The van der Waals surface area contributed by atoms with Crippen molar-refractivity contribution in [3.63, 3.8) is 0 Å². The second kappa shape index (κ2) is 22.8. The lowest BCUT2D eigenvalue weighted by atomic mass is 9.94. The van der Waals surface area contributed by atoms with Gasteiger partial charge in [0.25, 0.3) is 0 Å². The zero-order chi connectivity index (χ0) is 58.3. The molecule has 0 aliphatic carbocycles. The number of fused-ring (bicyclic) bond motifs is 4. The topological polar surface area (TPSA) is 13.0 Å². The molecule has 4 heteroatoms. The third-order valence-electron chi connectivity index (χ3n) is 17.0. The van der Waals surface area contributed by atoms with E-state index in [9.17, 15) is 0 Å². The summed E-state index contributed by atoms with van der Waals surface area (Å²) in [4.78, 5) is 9.83. The summed E-state index contributed by atoms with van der Waals surface area (Å²) in [6.45, 7) is 10.9. The average Bonchev–Trinajstić information content (AvgIpc) is 0.938. The fraction of sp³-hybridized carbons (Fsp3) is 0.0732. The molecule has 0 aliphatic heterocycles. The van der Waals surface area contributed by atoms with Gasteiger partial charge >= 0.3 is 0 Å². The first-order valence-electron chi connectivity index (χ1n) is 29.9. The number of hydrogen-bond acceptors (Lipinski definition) is 4. The van der Waals surface area contributed by atoms with Crippen LogP contribution in [-0.2, 0) is 6.42 Å². The fourth-order valence-corrected chi connectivity index (χ4v) is 12.8. The zero-order valence-corrected chi connectivity index (χ0v) is 49.3. The number of benzene rings is 14. The van der Waals surface area contributed by atoms with E-state index < -0.39 is 0 Å². The van der Waals surface area contributed by atoms with Crippen LogP contribution in [0.3, 0.4) is 0 Å². The molecule has 0 fully saturated rings. The van der Waals surface area contributed by atoms with E-state index in [1.165, 1.54) is 82.0 Å². The lowest BCUT2D eigenvalue weighted by Crippen LogP contribution is -2.15. The summed E-state index contributed by atoms with van der Waals surface area (Å²) < 4.78 is 0. The second-order valence-corrected chi connectivity index (χ2v) is 22.9. The molecule has 14 rings (SSSR count). The molecule has 0 heterocycles. The number of aryl methyl sites for hydroxylation is 5. The zero-order valence-electron chi connectivity index (χ0n) is 49.3. The summed E-state index contributed by atoms with van der Waals surface area (Å²) in [5.74, 6) is 0. The Balaban J connectivity index is 0.864. The summed E-state index contributed by atoms with van der Waals surface area (Å²) in [5, 5.41) is 9.37. The molecule has 0 unspecified atom stereocenters. The Morgan fingerprint density at radius 2 is 0.477 bits per heavy atom. The molecule has 0 aliphatic rings. The third kappa shape index (κ3) is 9.95. The summed E-state index contributed by atoms with van der Waals surface area (Å²) >= 11 is 0. The van der Waals surface area contributed by atoms with Crippen molar-refractivity contribution < 1.29 is 0 Å². The largest absolute Gasteiger partial charge is 0.309 e. The molecule has 0 N–H and O–H groups in total. The van der Waals surface area contributed by atoms with E-state index in [4.69, 9.17) is 0 Å². The van der Waals surface area contributed by atoms with Crippen molar-refractivity contribution >= 4 is 111 Å². The average molecular weight is 1110 g/mol. The third-order valence-corrected chi connectivity index (χ3v) is 17.0. The van der Waals surface area contributed by atoms with Crippen LogP contribution < -0.4 is 19.6 Å². The highest BCUT2D eigenvalue weighted by atomic mass is 15.2. The van der Waals surface area contributed by atoms with Gasteiger partial charge in [0.15, 0.2) is 0 Å². The van der Waals surface area contributed by atoms with E-state index in [1.54, 1.807) is 0 Å². The van der Waals surface area contributed by atoms with Crippen LogP contribution in [0.25, 0.3) is 43.1 Å². The minimum atomic E-state index is 0.783. The van der Waals surface area contributed by atoms with Gasteiger partial charge in [0.05, 0.1) is 22.7 Å². The molecule has 14 aromatic rings. The van der Waals surface area contributed by atoms with Gasteiger partial charge in [-0.25, -0.2) is 0 Å². The van der Waals surface area contributed by atoms with Gasteiger partial charge in [0.2, 0.25) is 0 Å². The quantitative estimate of drug-likeness (QED) is 0.0795. The van der Waals surface area contributed by atoms with Crippen LogP contribution in [0, 0.1) is 34.6 Å². The monoisotopic (exact) mass is 1110 g/mol. The maximum absolute atomic E-state index is 2.47. The number of anilines is 12. The predicted molar refractivity (Wildman–Crippen MR) is 368 cm³/mol. The van der Waals surface area contributed by atoms with E-state index in [-0.39, 0.29) is 0 Å². The second-order valence-electron chi connectivity index (χ2n) is 22.9. The molecule has 0 saturated heterocycles. The first kappa shape index (κ1) is 53.3. The Kier molecular flexibility index (Phi) is 14.2. The predicted octanol–water partition coefficient (Wildman–Crippen LogP) is 23.3. The van der Waals surface area contributed by atoms with Crippen molar-refractivity contribution in [1.29, 1.82) is 0 Å². The molecular weight excluding hydrogens is 1040 g/mol. The molecule has 0 amide bonds. The molecule has 86 heavy (non-hydrogen) atoms. The number of nitrogens with zero attached hydrogens (tertiary/aromatic N) is 4. The Morgan fingerprint density at radius 1 is 0.209 bits per heavy atom. The van der Waals surface area contributed by atoms with Crippen molar-refractivity contribution in [2.45, 2.75) is 41.0 Å². The molecule has 4 nitrogen and oxygen atoms in total. The van der Waals surface area contributed by atoms with Crippen molar-refractivity contribution in [1.82, 2.24) is 0 Å². The van der Waals surface area contributed by atoms with Gasteiger partial charge in [-0.3, -0.25) is 0 Å². The van der Waals surface area contributed by atoms with E-state index in [0.717, 1.165) is 74.7 Å². The van der Waals surface area contributed by atoms with Gasteiger partial charge in [-0.05, 0) is 160 Å². The SMILES string of the molecule is Cc1ccc(N(c2ccc(C)cc2)c2c3ccccc3c(N(c3ccc(C)cc3)c3ccc(Cc4ccc(N(c5ccccc5)c5c6ccccc6c(N(c6ccccc6)c6cccc(C)c6)c6ccccc56)cc4C)cc3)c3ccccc23)cc1. The molecule has 14 aromatic carbocycles. The van der Waals surface area contributed by atoms with Gasteiger partial charge in [0.1, 0.15) is 0 Å². The number of para-hydroxylation sites is 2. The van der Waals surface area contributed by atoms with Crippen LogP contribution in [0.1, 0.15) is 38.9 Å². The summed E-state index contributed by atoms with van der Waals surface area (Å²) in [5.41, 5.74) is 22.1. The molecule has 0 spiro atoms. The minimum Gasteiger partial charge on any atom is -0.309 e. The maximum atomic E-state index is 2.47. The standard InChI is InChI=1S/C82H66N4/c1-56-35-44-65(45-36-56)83(66-46-37-57(2)38-47-66)79-71-27-12-14-29-73(71)80(74-30-15-13-28-72(74)79)84(67-48-39-58(3)40-49-67)68-50-41-61(42-51-68)55-62-43-52-70(54-60(62)5)86(64-24-10-7-11-25-64)82-77-33-18-16-31-75(77)81(76-32-17-19-34-78(76)82)85(63-22-8-6-9-23-63)69-26-20-21-59(4)53-69/h6-54H,55H2,1-5H3. The van der Waals surface area contributed by atoms with Crippen LogP contribution in [0.4, 0.5) is 68.2 Å². The first-order chi connectivity index (χ1) is 42.2. The summed E-state index contributed by atoms with van der Waals surface area (Å²) in [7, 11) is 0. The Hall–Kier alpha value is -10.7. The Morgan fingerprint density at radius 3 is 0.802 bits per heavy atom. The highest BCUT2D eigenvalue weighted by Crippen LogP contribution is 2.53. The summed E-state index contributed by atoms with van der Waals surface area (Å²) in [6, 6.07) is 109. The van der Waals surface area contributed by atoms with Crippen LogP contribution in [-0.4, -0.2) is 0 Å². The van der Waals surface area contributed by atoms with Gasteiger partial charge in [-0.15, -0.1) is 0 Å². The van der Waals surface area contributed by atoms with Crippen molar-refractivity contribution in [2.75, 3.05) is 19.6 Å². The van der Waals surface area contributed by atoms with Gasteiger partial charge in [0, 0.05) is 88.6 Å². The molecular formula is C82H66N4. The summed E-state index contributed by atoms with van der Waals surface area (Å²) in [6.07, 6.45) is 0.783. The fourth-order valence-electron chi connectivity index (χ4n) is 12.8. The van der Waals surface area contributed by atoms with Crippen molar-refractivity contribution in [3.05, 3.63) is 336 Å². The van der Waals surface area contributed by atoms with E-state index in [2.05, 4.69) is 351 Å². The highest BCUT2D eigenvalue weighted by Gasteiger charge is 2.28. The van der Waals surface area contributed by atoms with Crippen LogP contribution >= 0.6 is 0 Å². The molecule has 0 saturated carbocycles. The lowest BCUT2D eigenvalue weighted by molar-refractivity contribution is 1.15. The van der Waals surface area contributed by atoms with E-state index in [1.807, 2.05) is 0 Å². The van der Waals surface area contributed by atoms with E-state index >= 15 is 0 Å². The molecule has 0 radical (unpaired) electrons. The van der Waals surface area contributed by atoms with Crippen molar-refractivity contribution in [3.8, 4) is 0 Å². The molecule has 0 atom stereocenters. The molecule has 0 bridgehead atoms. The smallest absolute Gasteiger partial charge is 0.0619 e. The lowest BCUT2D eigenvalue weighted by Gasteiger charge is -2.33. The van der Waals surface area contributed by atoms with Crippen LogP contribution in [0.2, 0.25) is 0 Å². The van der Waals surface area contributed by atoms with E-state index in [0.29, 0.717) is 0 Å². The minimum absolute atomic E-state index is 0.783. The van der Waals surface area contributed by atoms with Gasteiger partial charge in [-0.1, -0.05) is 217 Å². The number of hydrogen-bond donors (Lipinski definition) is 0. The highest BCUT2D eigenvalue weighted by molar-refractivity contribution is 6.25. The first-order valence-corrected chi connectivity index (χ1v) is 29.9. The Labute approximate surface area is 505 Å². The van der Waals surface area contributed by atoms with Gasteiger partial charge < -0.3 is 19.6 Å². The number of rotatable bonds is 14. The normalized spacial score (nSPS) is 11.4. The van der Waals surface area contributed by atoms with Crippen LogP contribution in [0.15, 0.2) is 297 Å². The maximum Gasteiger partial charge on any atom is 0.0619 e. The Bertz CT molecular complexity index is 4610. The van der Waals surface area contributed by atoms with Crippen molar-refractivity contribution in [2.24, 2.45) is 0 Å².